The number of nitrogens with zero attached hydrogens (tertiary/aromatic N) is 3. The monoisotopic (exact) mass is 256 g/mol. The molecule has 2 aromatic heterocycles. The summed E-state index contributed by atoms with van der Waals surface area (Å²) < 4.78 is 1.83. The second-order valence-corrected chi connectivity index (χ2v) is 5.46. The van der Waals surface area contributed by atoms with Crippen molar-refractivity contribution in [3.63, 3.8) is 0 Å². The summed E-state index contributed by atoms with van der Waals surface area (Å²) in [6.45, 7) is 0. The van der Waals surface area contributed by atoms with E-state index < -0.39 is 0 Å². The van der Waals surface area contributed by atoms with Crippen molar-refractivity contribution in [2.24, 2.45) is 0 Å². The average Bonchev–Trinajstić information content (AvgIpc) is 3.01. The van der Waals surface area contributed by atoms with Gasteiger partial charge in [-0.15, -0.1) is 16.4 Å². The van der Waals surface area contributed by atoms with Crippen molar-refractivity contribution in [2.75, 3.05) is 5.73 Å². The van der Waals surface area contributed by atoms with Gasteiger partial charge in [0.2, 0.25) is 10.9 Å². The molecule has 90 valence electrons. The van der Waals surface area contributed by atoms with Gasteiger partial charge in [-0.3, -0.25) is 0 Å². The van der Waals surface area contributed by atoms with E-state index in [-0.39, 0.29) is 0 Å². The largest absolute Gasteiger partial charge is 0.366 e. The first-order chi connectivity index (χ1) is 8.81. The lowest BCUT2D eigenvalue weighted by atomic mass is 10.1. The van der Waals surface area contributed by atoms with Crippen molar-refractivity contribution < 1.29 is 0 Å². The van der Waals surface area contributed by atoms with Crippen LogP contribution in [0, 0.1) is 0 Å². The molecule has 0 bridgehead atoms. The van der Waals surface area contributed by atoms with Crippen LogP contribution in [0.1, 0.15) is 17.5 Å². The first-order valence-electron chi connectivity index (χ1n) is 6.03. The first kappa shape index (κ1) is 10.1. The number of benzene rings is 1. The Labute approximate surface area is 108 Å². The minimum absolute atomic E-state index is 0.337. The Balaban J connectivity index is 1.91. The van der Waals surface area contributed by atoms with Crippen LogP contribution in [0.25, 0.3) is 16.2 Å². The van der Waals surface area contributed by atoms with Gasteiger partial charge in [-0.2, -0.15) is 4.98 Å². The van der Waals surface area contributed by atoms with Gasteiger partial charge < -0.3 is 5.73 Å². The Morgan fingerprint density at radius 2 is 2.11 bits per heavy atom. The van der Waals surface area contributed by atoms with Crippen LogP contribution in [0.5, 0.6) is 0 Å². The van der Waals surface area contributed by atoms with E-state index in [0.717, 1.165) is 10.7 Å². The summed E-state index contributed by atoms with van der Waals surface area (Å²) in [7, 11) is 0. The number of aromatic nitrogens is 3. The zero-order valence-electron chi connectivity index (χ0n) is 9.76. The van der Waals surface area contributed by atoms with Crippen LogP contribution in [0.15, 0.2) is 23.6 Å². The van der Waals surface area contributed by atoms with Crippen LogP contribution in [0.4, 0.5) is 5.95 Å². The molecular formula is C13H12N4S. The van der Waals surface area contributed by atoms with Gasteiger partial charge in [0.15, 0.2) is 0 Å². The molecule has 5 heteroatoms. The second kappa shape index (κ2) is 3.55. The Morgan fingerprint density at radius 1 is 1.22 bits per heavy atom. The lowest BCUT2D eigenvalue weighted by Crippen LogP contribution is -1.92. The van der Waals surface area contributed by atoms with E-state index in [0.29, 0.717) is 5.95 Å². The van der Waals surface area contributed by atoms with Crippen LogP contribution < -0.4 is 5.73 Å². The normalized spacial score (nSPS) is 14.2. The third kappa shape index (κ3) is 1.37. The highest BCUT2D eigenvalue weighted by Crippen LogP contribution is 2.30. The van der Waals surface area contributed by atoms with Crippen molar-refractivity contribution in [3.8, 4) is 11.3 Å². The summed E-state index contributed by atoms with van der Waals surface area (Å²) >= 11 is 1.57. The number of aryl methyl sites for hydroxylation is 2. The summed E-state index contributed by atoms with van der Waals surface area (Å²) in [5.41, 5.74) is 10.9. The van der Waals surface area contributed by atoms with E-state index in [4.69, 9.17) is 5.73 Å². The molecule has 0 atom stereocenters. The number of thiazole rings is 1. The highest BCUT2D eigenvalue weighted by molar-refractivity contribution is 7.15. The van der Waals surface area contributed by atoms with Crippen molar-refractivity contribution in [1.29, 1.82) is 0 Å². The maximum absolute atomic E-state index is 5.64. The number of hydrogen-bond donors (Lipinski definition) is 1. The third-order valence-corrected chi connectivity index (χ3v) is 4.31. The summed E-state index contributed by atoms with van der Waals surface area (Å²) in [5, 5.41) is 6.33. The van der Waals surface area contributed by atoms with Crippen molar-refractivity contribution >= 4 is 22.2 Å². The van der Waals surface area contributed by atoms with Gasteiger partial charge in [-0.1, -0.05) is 12.1 Å². The molecule has 2 N–H and O–H groups in total. The standard InChI is InChI=1S/C13H12N4S/c14-12-15-13-17(16-12)11(7-18-13)10-5-4-8-2-1-3-9(8)6-10/h4-7H,1-3H2,(H2,14,16). The average molecular weight is 256 g/mol. The molecule has 3 aromatic rings. The maximum Gasteiger partial charge on any atom is 0.241 e. The highest BCUT2D eigenvalue weighted by Gasteiger charge is 2.14. The molecule has 2 heterocycles. The van der Waals surface area contributed by atoms with Crippen LogP contribution in [-0.2, 0) is 12.8 Å². The summed E-state index contributed by atoms with van der Waals surface area (Å²) in [5.74, 6) is 0.337. The number of anilines is 1. The van der Waals surface area contributed by atoms with Gasteiger partial charge in [0.05, 0.1) is 5.69 Å². The molecule has 0 aliphatic heterocycles. The van der Waals surface area contributed by atoms with E-state index >= 15 is 0 Å². The molecule has 0 fully saturated rings. The zero-order valence-corrected chi connectivity index (χ0v) is 10.6. The topological polar surface area (TPSA) is 56.2 Å². The molecule has 18 heavy (non-hydrogen) atoms. The van der Waals surface area contributed by atoms with Gasteiger partial charge in [0.25, 0.3) is 0 Å². The molecule has 0 amide bonds. The predicted molar refractivity (Wildman–Crippen MR) is 72.7 cm³/mol. The van der Waals surface area contributed by atoms with E-state index in [1.807, 2.05) is 4.52 Å². The van der Waals surface area contributed by atoms with Crippen LogP contribution in [0.3, 0.4) is 0 Å². The van der Waals surface area contributed by atoms with Crippen molar-refractivity contribution in [1.82, 2.24) is 14.6 Å². The fraction of sp³-hybridized carbons (Fsp3) is 0.231. The summed E-state index contributed by atoms with van der Waals surface area (Å²) in [6, 6.07) is 6.69. The van der Waals surface area contributed by atoms with Gasteiger partial charge in [0.1, 0.15) is 0 Å². The number of nitrogens with two attached hydrogens (primary N) is 1. The highest BCUT2D eigenvalue weighted by atomic mass is 32.1. The molecule has 0 saturated heterocycles. The van der Waals surface area contributed by atoms with Gasteiger partial charge >= 0.3 is 0 Å². The fourth-order valence-electron chi connectivity index (χ4n) is 2.63. The van der Waals surface area contributed by atoms with E-state index in [1.54, 1.807) is 11.3 Å². The van der Waals surface area contributed by atoms with Crippen molar-refractivity contribution in [2.45, 2.75) is 19.3 Å². The van der Waals surface area contributed by atoms with Gasteiger partial charge in [-0.25, -0.2) is 4.52 Å². The third-order valence-electron chi connectivity index (χ3n) is 3.49. The Bertz CT molecular complexity index is 741. The van der Waals surface area contributed by atoms with E-state index in [1.165, 1.54) is 36.0 Å². The quantitative estimate of drug-likeness (QED) is 0.728. The SMILES string of the molecule is Nc1nc2scc(-c3ccc4c(c3)CCC4)n2n1. The lowest BCUT2D eigenvalue weighted by Gasteiger charge is -2.03. The zero-order chi connectivity index (χ0) is 12.1. The first-order valence-corrected chi connectivity index (χ1v) is 6.91. The smallest absolute Gasteiger partial charge is 0.241 e. The number of nitrogen functional groups attached to an aromatic ring is 1. The summed E-state index contributed by atoms with van der Waals surface area (Å²) in [6.07, 6.45) is 3.68. The molecule has 1 aliphatic rings. The molecule has 0 spiro atoms. The molecule has 0 unspecified atom stereocenters. The van der Waals surface area contributed by atoms with Crippen LogP contribution >= 0.6 is 11.3 Å². The maximum atomic E-state index is 5.64. The van der Waals surface area contributed by atoms with Gasteiger partial charge in [-0.05, 0) is 36.5 Å². The molecule has 4 rings (SSSR count). The number of rotatable bonds is 1. The lowest BCUT2D eigenvalue weighted by molar-refractivity contribution is 0.911. The molecular weight excluding hydrogens is 244 g/mol. The molecule has 1 aromatic carbocycles. The van der Waals surface area contributed by atoms with Gasteiger partial charge in [0, 0.05) is 10.9 Å². The Morgan fingerprint density at radius 3 is 3.06 bits per heavy atom. The summed E-state index contributed by atoms with van der Waals surface area (Å²) in [4.78, 5) is 5.03. The molecule has 0 saturated carbocycles. The minimum atomic E-state index is 0.337. The minimum Gasteiger partial charge on any atom is -0.366 e. The van der Waals surface area contributed by atoms with E-state index in [9.17, 15) is 0 Å². The molecule has 4 nitrogen and oxygen atoms in total. The molecule has 1 aliphatic carbocycles. The predicted octanol–water partition coefficient (Wildman–Crippen LogP) is 2.53. The van der Waals surface area contributed by atoms with E-state index in [2.05, 4.69) is 33.7 Å². The Kier molecular flexibility index (Phi) is 1.99. The molecule has 0 radical (unpaired) electrons. The second-order valence-electron chi connectivity index (χ2n) is 4.62. The van der Waals surface area contributed by atoms with Crippen molar-refractivity contribution in [3.05, 3.63) is 34.7 Å². The van der Waals surface area contributed by atoms with Crippen LogP contribution in [-0.4, -0.2) is 14.6 Å². The van der Waals surface area contributed by atoms with Crippen LogP contribution in [0.2, 0.25) is 0 Å². The number of hydrogen-bond acceptors (Lipinski definition) is 4. The number of fused-ring (bicyclic) bond motifs is 2. The fourth-order valence-corrected chi connectivity index (χ4v) is 3.46. The Hall–Kier alpha value is -1.88.